The molecule has 4 rings (SSSR count). The number of benzene rings is 2. The first-order chi connectivity index (χ1) is 12.6. The van der Waals surface area contributed by atoms with Gasteiger partial charge in [0.15, 0.2) is 23.1 Å². The number of hydrogen-bond acceptors (Lipinski definition) is 3. The van der Waals surface area contributed by atoms with Crippen molar-refractivity contribution in [1.29, 1.82) is 0 Å². The number of halogens is 2. The Bertz CT molecular complexity index is 1050. The quantitative estimate of drug-likeness (QED) is 0.492. The second-order valence-electron chi connectivity index (χ2n) is 5.95. The molecule has 0 aromatic heterocycles. The van der Waals surface area contributed by atoms with Crippen LogP contribution >= 0.6 is 0 Å². The van der Waals surface area contributed by atoms with E-state index in [0.717, 1.165) is 33.9 Å². The summed E-state index contributed by atoms with van der Waals surface area (Å²) in [5, 5.41) is 11.4. The van der Waals surface area contributed by atoms with E-state index in [1.807, 2.05) is 18.2 Å². The third-order valence-corrected chi connectivity index (χ3v) is 4.43. The van der Waals surface area contributed by atoms with Gasteiger partial charge >= 0.3 is 0 Å². The first-order valence-corrected chi connectivity index (χ1v) is 8.03. The van der Waals surface area contributed by atoms with Gasteiger partial charge in [-0.1, -0.05) is 6.07 Å². The lowest BCUT2D eigenvalue weighted by Gasteiger charge is -2.07. The van der Waals surface area contributed by atoms with E-state index in [1.54, 1.807) is 20.3 Å². The van der Waals surface area contributed by atoms with E-state index < -0.39 is 11.6 Å². The van der Waals surface area contributed by atoms with E-state index in [9.17, 15) is 8.78 Å². The molecule has 26 heavy (non-hydrogen) atoms. The van der Waals surface area contributed by atoms with Crippen molar-refractivity contribution in [2.45, 2.75) is 6.54 Å². The van der Waals surface area contributed by atoms with Crippen LogP contribution in [0.2, 0.25) is 0 Å². The fourth-order valence-corrected chi connectivity index (χ4v) is 3.11. The number of methoxy groups -OCH3 is 2. The van der Waals surface area contributed by atoms with Crippen LogP contribution in [0.3, 0.4) is 0 Å². The summed E-state index contributed by atoms with van der Waals surface area (Å²) >= 11 is 0. The van der Waals surface area contributed by atoms with Crippen LogP contribution in [0.5, 0.6) is 11.5 Å². The zero-order valence-corrected chi connectivity index (χ0v) is 14.2. The molecule has 0 amide bonds. The zero-order chi connectivity index (χ0) is 18.3. The predicted molar refractivity (Wildman–Crippen MR) is 96.1 cm³/mol. The second kappa shape index (κ2) is 6.25. The van der Waals surface area contributed by atoms with Gasteiger partial charge in [-0.3, -0.25) is 10.2 Å². The summed E-state index contributed by atoms with van der Waals surface area (Å²) in [6.07, 6.45) is 0. The van der Waals surface area contributed by atoms with E-state index in [2.05, 4.69) is 15.5 Å². The van der Waals surface area contributed by atoms with Crippen LogP contribution in [-0.4, -0.2) is 24.4 Å². The Kier molecular flexibility index (Phi) is 3.91. The highest BCUT2D eigenvalue weighted by molar-refractivity contribution is 6.05. The van der Waals surface area contributed by atoms with Crippen molar-refractivity contribution in [1.82, 2.24) is 10.2 Å². The van der Waals surface area contributed by atoms with Gasteiger partial charge in [0.25, 0.3) is 0 Å². The average molecular weight is 357 g/mol. The summed E-state index contributed by atoms with van der Waals surface area (Å²) in [7, 11) is 3.19. The molecule has 2 aromatic carbocycles. The fraction of sp³-hybridized carbons (Fsp3) is 0.158. The summed E-state index contributed by atoms with van der Waals surface area (Å²) in [5.41, 5.74) is 2.53. The number of nitrogens with one attached hydrogen (secondary N) is 3. The highest BCUT2D eigenvalue weighted by atomic mass is 19.2. The third-order valence-electron chi connectivity index (χ3n) is 4.43. The van der Waals surface area contributed by atoms with Crippen molar-refractivity contribution in [2.24, 2.45) is 0 Å². The van der Waals surface area contributed by atoms with Gasteiger partial charge in [-0.05, 0) is 41.3 Å². The average Bonchev–Trinajstić information content (AvgIpc) is 3.20. The van der Waals surface area contributed by atoms with Crippen LogP contribution in [0.1, 0.15) is 5.56 Å². The Hall–Kier alpha value is -3.22. The third kappa shape index (κ3) is 2.61. The Morgan fingerprint density at radius 1 is 0.923 bits per heavy atom. The first-order valence-electron chi connectivity index (χ1n) is 8.03. The monoisotopic (exact) mass is 357 g/mol. The summed E-state index contributed by atoms with van der Waals surface area (Å²) in [6, 6.07) is 9.71. The van der Waals surface area contributed by atoms with Gasteiger partial charge in [-0.25, -0.2) is 8.78 Å². The number of H-pyrrole nitrogens is 2. The molecule has 0 radical (unpaired) electrons. The highest BCUT2D eigenvalue weighted by Gasteiger charge is 2.19. The molecule has 1 aliphatic heterocycles. The minimum Gasteiger partial charge on any atom is -0.493 e. The fourth-order valence-electron chi connectivity index (χ4n) is 3.11. The summed E-state index contributed by atoms with van der Waals surface area (Å²) < 4.78 is 37.1. The lowest BCUT2D eigenvalue weighted by molar-refractivity contribution is 0.356. The minimum absolute atomic E-state index is 0.356. The van der Waals surface area contributed by atoms with Gasteiger partial charge in [0.05, 0.1) is 19.9 Å². The molecule has 1 heterocycles. The Morgan fingerprint density at radius 2 is 1.69 bits per heavy atom. The van der Waals surface area contributed by atoms with Gasteiger partial charge in [-0.15, -0.1) is 0 Å². The van der Waals surface area contributed by atoms with Crippen LogP contribution in [-0.2, 0) is 6.54 Å². The van der Waals surface area contributed by atoms with Gasteiger partial charge in [0.1, 0.15) is 5.82 Å². The molecule has 0 bridgehead atoms. The normalized spacial score (nSPS) is 11.2. The highest BCUT2D eigenvalue weighted by Crippen LogP contribution is 2.42. The van der Waals surface area contributed by atoms with Gasteiger partial charge in [0.2, 0.25) is 0 Å². The van der Waals surface area contributed by atoms with Crippen molar-refractivity contribution in [2.75, 3.05) is 19.5 Å². The molecule has 134 valence electrons. The first kappa shape index (κ1) is 16.3. The zero-order valence-electron chi connectivity index (χ0n) is 14.2. The van der Waals surface area contributed by atoms with Crippen LogP contribution in [0.15, 0.2) is 36.4 Å². The van der Waals surface area contributed by atoms with Crippen LogP contribution in [0.25, 0.3) is 22.0 Å². The molecule has 2 aliphatic rings. The largest absolute Gasteiger partial charge is 0.493 e. The number of rotatable bonds is 5. The lowest BCUT2D eigenvalue weighted by Crippen LogP contribution is -2.01. The maximum Gasteiger partial charge on any atom is 0.161 e. The Morgan fingerprint density at radius 3 is 2.42 bits per heavy atom. The van der Waals surface area contributed by atoms with E-state index in [1.165, 1.54) is 6.07 Å². The van der Waals surface area contributed by atoms with Crippen LogP contribution < -0.4 is 14.8 Å². The maximum absolute atomic E-state index is 13.3. The standard InChI is InChI=1S/C19H17F2N3O2/c1-25-16-7-11-6-13-18(12(11)8-17(16)26-2)23-24-19(13)22-9-10-3-4-14(20)15(21)5-10/h3-8,22-24H,9H2,1-2H3. The van der Waals surface area contributed by atoms with E-state index in [0.29, 0.717) is 23.6 Å². The van der Waals surface area contributed by atoms with Crippen molar-refractivity contribution < 1.29 is 18.3 Å². The molecule has 0 fully saturated rings. The van der Waals surface area contributed by atoms with Crippen molar-refractivity contribution >= 4 is 16.6 Å². The number of ether oxygens (including phenoxy) is 2. The molecule has 0 atom stereocenters. The van der Waals surface area contributed by atoms with Crippen LogP contribution in [0.4, 0.5) is 14.6 Å². The van der Waals surface area contributed by atoms with E-state index >= 15 is 0 Å². The smallest absolute Gasteiger partial charge is 0.161 e. The summed E-state index contributed by atoms with van der Waals surface area (Å²) in [5.74, 6) is 0.366. The second-order valence-corrected chi connectivity index (χ2v) is 5.95. The number of aromatic nitrogens is 2. The molecule has 5 nitrogen and oxygen atoms in total. The summed E-state index contributed by atoms with van der Waals surface area (Å²) in [4.78, 5) is 0. The predicted octanol–water partition coefficient (Wildman–Crippen LogP) is 4.51. The molecule has 0 spiro atoms. The molecular formula is C19H17F2N3O2. The van der Waals surface area contributed by atoms with Crippen molar-refractivity contribution in [3.05, 3.63) is 53.6 Å². The van der Waals surface area contributed by atoms with Crippen molar-refractivity contribution in [3.63, 3.8) is 0 Å². The number of fused-ring (bicyclic) bond motifs is 3. The van der Waals surface area contributed by atoms with E-state index in [4.69, 9.17) is 9.47 Å². The molecular weight excluding hydrogens is 340 g/mol. The Balaban J connectivity index is 1.65. The molecule has 0 saturated heterocycles. The minimum atomic E-state index is -0.856. The Labute approximate surface area is 148 Å². The maximum atomic E-state index is 13.3. The van der Waals surface area contributed by atoms with Crippen LogP contribution in [0, 0.1) is 11.6 Å². The molecule has 7 heteroatoms. The van der Waals surface area contributed by atoms with Crippen molar-refractivity contribution in [3.8, 4) is 22.8 Å². The van der Waals surface area contributed by atoms with E-state index in [-0.39, 0.29) is 0 Å². The molecule has 0 saturated carbocycles. The topological polar surface area (TPSA) is 62.1 Å². The molecule has 3 N–H and O–H groups in total. The molecule has 0 unspecified atom stereocenters. The SMILES string of the molecule is COc1cc2cc3c(NCc4ccc(F)c(F)c4)[nH][nH]c-3c2cc1OC. The lowest BCUT2D eigenvalue weighted by atomic mass is 10.2. The van der Waals surface area contributed by atoms with Gasteiger partial charge in [-0.2, -0.15) is 0 Å². The number of anilines is 1. The molecule has 1 aliphatic carbocycles. The number of hydrogen-bond donors (Lipinski definition) is 3. The number of aromatic amines is 2. The summed E-state index contributed by atoms with van der Waals surface area (Å²) in [6.45, 7) is 0.356. The van der Waals surface area contributed by atoms with Gasteiger partial charge in [0, 0.05) is 17.5 Å². The van der Waals surface area contributed by atoms with Gasteiger partial charge < -0.3 is 14.8 Å². The molecule has 2 aromatic rings.